The lowest BCUT2D eigenvalue weighted by molar-refractivity contribution is -0.272. The molecule has 0 saturated heterocycles. The van der Waals surface area contributed by atoms with E-state index in [9.17, 15) is 23.1 Å². The van der Waals surface area contributed by atoms with Gasteiger partial charge in [-0.15, -0.1) is 11.6 Å². The van der Waals surface area contributed by atoms with Crippen molar-refractivity contribution in [2.24, 2.45) is 7.05 Å². The summed E-state index contributed by atoms with van der Waals surface area (Å²) in [6.07, 6.45) is -3.21. The quantitative estimate of drug-likeness (QED) is 0.805. The van der Waals surface area contributed by atoms with E-state index in [-0.39, 0.29) is 6.54 Å². The summed E-state index contributed by atoms with van der Waals surface area (Å²) in [4.78, 5) is 14.7. The van der Waals surface area contributed by atoms with Gasteiger partial charge in [0, 0.05) is 32.4 Å². The van der Waals surface area contributed by atoms with E-state index in [1.54, 1.807) is 0 Å². The van der Waals surface area contributed by atoms with Crippen molar-refractivity contribution in [1.82, 2.24) is 14.9 Å². The van der Waals surface area contributed by atoms with Crippen LogP contribution in [0.4, 0.5) is 13.2 Å². The lowest BCUT2D eigenvalue weighted by Gasteiger charge is -2.30. The fourth-order valence-electron chi connectivity index (χ4n) is 1.65. The van der Waals surface area contributed by atoms with Gasteiger partial charge in [-0.05, 0) is 6.92 Å². The van der Waals surface area contributed by atoms with Gasteiger partial charge in [0.25, 0.3) is 0 Å². The molecule has 9 heteroatoms. The smallest absolute Gasteiger partial charge is 0.374 e. The zero-order valence-electron chi connectivity index (χ0n) is 10.9. The maximum atomic E-state index is 13.1. The van der Waals surface area contributed by atoms with Crippen LogP contribution in [0.2, 0.25) is 0 Å². The zero-order chi connectivity index (χ0) is 15.6. The number of alkyl halides is 4. The van der Waals surface area contributed by atoms with Crippen LogP contribution in [-0.2, 0) is 17.4 Å². The Morgan fingerprint density at radius 3 is 2.60 bits per heavy atom. The molecule has 0 spiro atoms. The highest BCUT2D eigenvalue weighted by Crippen LogP contribution is 2.40. The molecule has 1 aromatic heterocycles. The first-order valence-corrected chi connectivity index (χ1v) is 6.22. The van der Waals surface area contributed by atoms with Gasteiger partial charge in [-0.3, -0.25) is 4.79 Å². The summed E-state index contributed by atoms with van der Waals surface area (Å²) < 4.78 is 40.3. The Hall–Kier alpha value is -1.28. The Kier molecular flexibility index (Phi) is 5.04. The van der Waals surface area contributed by atoms with Crippen LogP contribution in [0.1, 0.15) is 19.2 Å². The third-order valence-electron chi connectivity index (χ3n) is 2.81. The Labute approximate surface area is 118 Å². The van der Waals surface area contributed by atoms with Gasteiger partial charge in [0.2, 0.25) is 11.5 Å². The third-order valence-corrected chi connectivity index (χ3v) is 3.01. The highest BCUT2D eigenvalue weighted by Gasteiger charge is 2.57. The van der Waals surface area contributed by atoms with Crippen LogP contribution < -0.4 is 5.32 Å². The number of aromatic nitrogens is 2. The molecule has 1 amide bonds. The first kappa shape index (κ1) is 16.8. The number of carbonyl (C=O) groups excluding carboxylic acids is 1. The molecule has 0 fully saturated rings. The SMILES string of the molecule is CC(Cl)C(=O)NCCC(O)(c1nccn1C)C(F)(F)F. The Balaban J connectivity index is 2.87. The van der Waals surface area contributed by atoms with Gasteiger partial charge in [-0.1, -0.05) is 0 Å². The van der Waals surface area contributed by atoms with Crippen molar-refractivity contribution >= 4 is 17.5 Å². The van der Waals surface area contributed by atoms with E-state index in [2.05, 4.69) is 10.3 Å². The van der Waals surface area contributed by atoms with Crippen molar-refractivity contribution in [3.63, 3.8) is 0 Å². The number of halogens is 4. The molecule has 5 nitrogen and oxygen atoms in total. The number of nitrogens with zero attached hydrogens (tertiary/aromatic N) is 2. The van der Waals surface area contributed by atoms with Crippen LogP contribution in [0.3, 0.4) is 0 Å². The van der Waals surface area contributed by atoms with Crippen molar-refractivity contribution in [2.45, 2.75) is 30.5 Å². The summed E-state index contributed by atoms with van der Waals surface area (Å²) in [6, 6.07) is 0. The van der Waals surface area contributed by atoms with Gasteiger partial charge in [-0.25, -0.2) is 4.98 Å². The van der Waals surface area contributed by atoms with Gasteiger partial charge in [0.05, 0.1) is 0 Å². The van der Waals surface area contributed by atoms with Crippen molar-refractivity contribution < 1.29 is 23.1 Å². The topological polar surface area (TPSA) is 67.2 Å². The molecule has 1 heterocycles. The number of amides is 1. The van der Waals surface area contributed by atoms with Crippen LogP contribution >= 0.6 is 11.6 Å². The molecule has 0 aliphatic carbocycles. The van der Waals surface area contributed by atoms with E-state index < -0.39 is 35.3 Å². The van der Waals surface area contributed by atoms with Gasteiger partial charge in [0.15, 0.2) is 0 Å². The fourth-order valence-corrected chi connectivity index (χ4v) is 1.73. The number of carbonyl (C=O) groups is 1. The second kappa shape index (κ2) is 6.01. The minimum absolute atomic E-state index is 0.376. The molecule has 0 aliphatic rings. The molecular formula is C11H15ClF3N3O2. The van der Waals surface area contributed by atoms with Crippen molar-refractivity contribution in [3.05, 3.63) is 18.2 Å². The molecule has 1 aromatic rings. The van der Waals surface area contributed by atoms with Gasteiger partial charge >= 0.3 is 6.18 Å². The summed E-state index contributed by atoms with van der Waals surface area (Å²) >= 11 is 5.48. The standard InChI is InChI=1S/C11H15ClF3N3O2/c1-7(12)8(19)16-4-3-10(20,11(13,14)15)9-17-5-6-18(9)2/h5-7,20H,3-4H2,1-2H3,(H,16,19). The first-order chi connectivity index (χ1) is 9.09. The Bertz CT molecular complexity index is 476. The average Bonchev–Trinajstić information content (AvgIpc) is 2.73. The van der Waals surface area contributed by atoms with Gasteiger partial charge in [0.1, 0.15) is 11.2 Å². The number of aryl methyl sites for hydroxylation is 1. The number of imidazole rings is 1. The molecule has 2 N–H and O–H groups in total. The lowest BCUT2D eigenvalue weighted by atomic mass is 9.97. The van der Waals surface area contributed by atoms with Gasteiger partial charge < -0.3 is 15.0 Å². The predicted molar refractivity (Wildman–Crippen MR) is 66.1 cm³/mol. The second-order valence-electron chi connectivity index (χ2n) is 4.38. The van der Waals surface area contributed by atoms with Crippen molar-refractivity contribution in [1.29, 1.82) is 0 Å². The van der Waals surface area contributed by atoms with E-state index in [0.29, 0.717) is 0 Å². The molecule has 0 aromatic carbocycles. The summed E-state index contributed by atoms with van der Waals surface area (Å²) in [5.41, 5.74) is -3.13. The average molecular weight is 314 g/mol. The Morgan fingerprint density at radius 1 is 1.60 bits per heavy atom. The molecule has 0 saturated carbocycles. The van der Waals surface area contributed by atoms with Crippen LogP contribution in [0.15, 0.2) is 12.4 Å². The summed E-state index contributed by atoms with van der Waals surface area (Å²) in [7, 11) is 1.35. The van der Waals surface area contributed by atoms with Crippen LogP contribution in [0, 0.1) is 0 Å². The van der Waals surface area contributed by atoms with Crippen LogP contribution in [-0.4, -0.2) is 38.7 Å². The van der Waals surface area contributed by atoms with E-state index in [4.69, 9.17) is 11.6 Å². The maximum absolute atomic E-state index is 13.1. The predicted octanol–water partition coefficient (Wildman–Crippen LogP) is 1.30. The summed E-state index contributed by atoms with van der Waals surface area (Å²) in [5, 5.41) is 11.3. The molecule has 114 valence electrons. The molecular weight excluding hydrogens is 299 g/mol. The molecule has 2 atom stereocenters. The third kappa shape index (κ3) is 3.43. The molecule has 0 bridgehead atoms. The minimum Gasteiger partial charge on any atom is -0.374 e. The Morgan fingerprint density at radius 2 is 2.20 bits per heavy atom. The number of rotatable bonds is 5. The lowest BCUT2D eigenvalue weighted by Crippen LogP contribution is -2.47. The zero-order valence-corrected chi connectivity index (χ0v) is 11.7. The fraction of sp³-hybridized carbons (Fsp3) is 0.636. The highest BCUT2D eigenvalue weighted by atomic mass is 35.5. The molecule has 0 radical (unpaired) electrons. The van der Waals surface area contributed by atoms with Crippen molar-refractivity contribution in [2.75, 3.05) is 6.54 Å². The monoisotopic (exact) mass is 313 g/mol. The van der Waals surface area contributed by atoms with E-state index >= 15 is 0 Å². The van der Waals surface area contributed by atoms with E-state index in [1.165, 1.54) is 20.2 Å². The largest absolute Gasteiger partial charge is 0.424 e. The molecule has 1 rings (SSSR count). The normalized spacial score (nSPS) is 16.6. The number of aliphatic hydroxyl groups is 1. The van der Waals surface area contributed by atoms with E-state index in [1.807, 2.05) is 0 Å². The highest BCUT2D eigenvalue weighted by molar-refractivity contribution is 6.30. The van der Waals surface area contributed by atoms with E-state index in [0.717, 1.165) is 10.8 Å². The number of hydrogen-bond acceptors (Lipinski definition) is 3. The second-order valence-corrected chi connectivity index (χ2v) is 5.03. The van der Waals surface area contributed by atoms with Crippen LogP contribution in [0.5, 0.6) is 0 Å². The van der Waals surface area contributed by atoms with Crippen LogP contribution in [0.25, 0.3) is 0 Å². The number of hydrogen-bond donors (Lipinski definition) is 2. The minimum atomic E-state index is -4.91. The number of nitrogens with one attached hydrogen (secondary N) is 1. The van der Waals surface area contributed by atoms with Gasteiger partial charge in [-0.2, -0.15) is 13.2 Å². The molecule has 2 unspecified atom stereocenters. The molecule has 20 heavy (non-hydrogen) atoms. The molecule has 0 aliphatic heterocycles. The van der Waals surface area contributed by atoms with Crippen molar-refractivity contribution in [3.8, 4) is 0 Å². The maximum Gasteiger partial charge on any atom is 0.424 e. The first-order valence-electron chi connectivity index (χ1n) is 5.78. The summed E-state index contributed by atoms with van der Waals surface area (Å²) in [6.45, 7) is 1.02. The summed E-state index contributed by atoms with van der Waals surface area (Å²) in [5.74, 6) is -1.13.